The Morgan fingerprint density at radius 2 is 1.64 bits per heavy atom. The molecule has 0 saturated carbocycles. The second-order valence-corrected chi connectivity index (χ2v) is 4.77. The van der Waals surface area contributed by atoms with E-state index < -0.39 is 6.29 Å². The molecule has 0 fully saturated rings. The van der Waals surface area contributed by atoms with E-state index in [0.717, 1.165) is 5.56 Å². The Morgan fingerprint density at radius 3 is 2.27 bits per heavy atom. The van der Waals surface area contributed by atoms with Gasteiger partial charge in [0, 0.05) is 11.1 Å². The van der Waals surface area contributed by atoms with E-state index in [4.69, 9.17) is 4.74 Å². The Morgan fingerprint density at radius 1 is 1.00 bits per heavy atom. The van der Waals surface area contributed by atoms with Crippen LogP contribution >= 0.6 is 0 Å². The van der Waals surface area contributed by atoms with Gasteiger partial charge in [-0.25, -0.2) is 0 Å². The third-order valence-electron chi connectivity index (χ3n) is 3.16. The summed E-state index contributed by atoms with van der Waals surface area (Å²) >= 11 is 0. The van der Waals surface area contributed by atoms with Crippen LogP contribution < -0.4 is 4.74 Å². The van der Waals surface area contributed by atoms with Crippen LogP contribution in [0.5, 0.6) is 17.2 Å². The van der Waals surface area contributed by atoms with Crippen LogP contribution in [-0.2, 0) is 6.42 Å². The lowest BCUT2D eigenvalue weighted by Gasteiger charge is -2.13. The highest BCUT2D eigenvalue weighted by atomic mass is 16.6. The topological polar surface area (TPSA) is 69.9 Å². The van der Waals surface area contributed by atoms with Crippen molar-refractivity contribution in [3.05, 3.63) is 67.3 Å². The number of hydrogen-bond acceptors (Lipinski definition) is 4. The molecule has 0 amide bonds. The van der Waals surface area contributed by atoms with Gasteiger partial charge in [0.05, 0.1) is 0 Å². The summed E-state index contributed by atoms with van der Waals surface area (Å²) in [7, 11) is 0. The zero-order chi connectivity index (χ0) is 16.1. The average molecular weight is 298 g/mol. The lowest BCUT2D eigenvalue weighted by Crippen LogP contribution is -2.11. The fourth-order valence-corrected chi connectivity index (χ4v) is 2.08. The lowest BCUT2D eigenvalue weighted by atomic mass is 9.99. The second kappa shape index (κ2) is 6.83. The summed E-state index contributed by atoms with van der Waals surface area (Å²) in [6.07, 6.45) is 2.52. The molecule has 0 unspecified atom stereocenters. The Balaban J connectivity index is 2.46. The molecule has 0 bridgehead atoms. The highest BCUT2D eigenvalue weighted by Gasteiger charge is 2.12. The number of benzene rings is 2. The minimum atomic E-state index is -1.14. The van der Waals surface area contributed by atoms with Crippen LogP contribution in [0, 0.1) is 0 Å². The Hall–Kier alpha value is -2.72. The molecule has 0 heterocycles. The van der Waals surface area contributed by atoms with Crippen molar-refractivity contribution in [2.24, 2.45) is 0 Å². The maximum absolute atomic E-state index is 10.1. The van der Waals surface area contributed by atoms with E-state index in [9.17, 15) is 15.3 Å². The first kappa shape index (κ1) is 15.7. The number of phenolic OH excluding ortho intramolecular Hbond substituents is 2. The third kappa shape index (κ3) is 3.48. The van der Waals surface area contributed by atoms with Gasteiger partial charge in [-0.1, -0.05) is 18.7 Å². The minimum Gasteiger partial charge on any atom is -0.507 e. The molecule has 3 N–H and O–H groups in total. The molecule has 2 rings (SSSR count). The third-order valence-corrected chi connectivity index (χ3v) is 3.16. The summed E-state index contributed by atoms with van der Waals surface area (Å²) < 4.78 is 5.23. The minimum absolute atomic E-state index is 0.00601. The Bertz CT molecular complexity index is 691. The van der Waals surface area contributed by atoms with Gasteiger partial charge in [0.2, 0.25) is 6.29 Å². The van der Waals surface area contributed by atoms with Crippen molar-refractivity contribution in [2.45, 2.75) is 12.7 Å². The fourth-order valence-electron chi connectivity index (χ4n) is 2.08. The molecule has 0 radical (unpaired) electrons. The number of allylic oxidation sites excluding steroid dienone is 1. The number of phenols is 2. The van der Waals surface area contributed by atoms with Gasteiger partial charge in [-0.2, -0.15) is 0 Å². The van der Waals surface area contributed by atoms with Crippen LogP contribution in [0.15, 0.2) is 61.7 Å². The average Bonchev–Trinajstić information content (AvgIpc) is 2.51. The predicted octanol–water partition coefficient (Wildman–Crippen LogP) is 3.38. The Labute approximate surface area is 129 Å². The zero-order valence-electron chi connectivity index (χ0n) is 12.1. The maximum atomic E-state index is 10.1. The van der Waals surface area contributed by atoms with Crippen LogP contribution in [0.1, 0.15) is 5.56 Å². The smallest absolute Gasteiger partial charge is 0.216 e. The van der Waals surface area contributed by atoms with Crippen molar-refractivity contribution < 1.29 is 20.1 Å². The molecular formula is C18H18O4. The quantitative estimate of drug-likeness (QED) is 0.565. The Kier molecular flexibility index (Phi) is 4.86. The van der Waals surface area contributed by atoms with Crippen molar-refractivity contribution in [1.29, 1.82) is 0 Å². The molecule has 4 heteroatoms. The van der Waals surface area contributed by atoms with E-state index in [1.807, 2.05) is 0 Å². The molecule has 4 nitrogen and oxygen atoms in total. The molecule has 0 saturated heterocycles. The van der Waals surface area contributed by atoms with Crippen molar-refractivity contribution in [2.75, 3.05) is 0 Å². The van der Waals surface area contributed by atoms with Gasteiger partial charge in [0.15, 0.2) is 0 Å². The molecule has 1 atom stereocenters. The lowest BCUT2D eigenvalue weighted by molar-refractivity contribution is 0.0251. The fraction of sp³-hybridized carbons (Fsp3) is 0.111. The number of hydrogen-bond donors (Lipinski definition) is 3. The highest BCUT2D eigenvalue weighted by Crippen LogP contribution is 2.38. The van der Waals surface area contributed by atoms with E-state index in [1.54, 1.807) is 30.3 Å². The van der Waals surface area contributed by atoms with Gasteiger partial charge in [-0.05, 0) is 48.4 Å². The summed E-state index contributed by atoms with van der Waals surface area (Å²) in [4.78, 5) is 0. The number of aliphatic hydroxyl groups excluding tert-OH is 1. The molecule has 0 aliphatic rings. The largest absolute Gasteiger partial charge is 0.507 e. The van der Waals surface area contributed by atoms with E-state index in [2.05, 4.69) is 13.2 Å². The van der Waals surface area contributed by atoms with Crippen LogP contribution in [-0.4, -0.2) is 21.6 Å². The van der Waals surface area contributed by atoms with Crippen LogP contribution in [0.25, 0.3) is 11.1 Å². The SMILES string of the molecule is C=CCc1ccc(O)c(-c2cc(O[C@@H](O)C=C)ccc2O)c1. The van der Waals surface area contributed by atoms with Crippen molar-refractivity contribution in [3.63, 3.8) is 0 Å². The summed E-state index contributed by atoms with van der Waals surface area (Å²) in [5.41, 5.74) is 1.85. The monoisotopic (exact) mass is 298 g/mol. The zero-order valence-corrected chi connectivity index (χ0v) is 12.1. The first-order valence-corrected chi connectivity index (χ1v) is 6.78. The van der Waals surface area contributed by atoms with Crippen molar-refractivity contribution in [3.8, 4) is 28.4 Å². The molecule has 2 aromatic carbocycles. The van der Waals surface area contributed by atoms with Gasteiger partial charge in [0.1, 0.15) is 17.2 Å². The van der Waals surface area contributed by atoms with Crippen LogP contribution in [0.2, 0.25) is 0 Å². The summed E-state index contributed by atoms with van der Waals surface area (Å²) in [5, 5.41) is 29.6. The maximum Gasteiger partial charge on any atom is 0.216 e. The summed E-state index contributed by atoms with van der Waals surface area (Å²) in [6.45, 7) is 7.11. The van der Waals surface area contributed by atoms with E-state index in [-0.39, 0.29) is 11.5 Å². The van der Waals surface area contributed by atoms with Crippen molar-refractivity contribution >= 4 is 0 Å². The first-order valence-electron chi connectivity index (χ1n) is 6.78. The highest BCUT2D eigenvalue weighted by molar-refractivity contribution is 5.77. The number of aromatic hydroxyl groups is 2. The van der Waals surface area contributed by atoms with Crippen molar-refractivity contribution in [1.82, 2.24) is 0 Å². The van der Waals surface area contributed by atoms with Gasteiger partial charge >= 0.3 is 0 Å². The van der Waals surface area contributed by atoms with Crippen LogP contribution in [0.4, 0.5) is 0 Å². The molecule has 22 heavy (non-hydrogen) atoms. The molecule has 0 aromatic heterocycles. The number of ether oxygens (including phenoxy) is 1. The molecule has 2 aromatic rings. The van der Waals surface area contributed by atoms with E-state index in [0.29, 0.717) is 23.3 Å². The molecule has 114 valence electrons. The predicted molar refractivity (Wildman–Crippen MR) is 85.9 cm³/mol. The molecule has 0 aliphatic heterocycles. The molecule has 0 spiro atoms. The summed E-state index contributed by atoms with van der Waals surface area (Å²) in [5.74, 6) is 0.407. The standard InChI is InChI=1S/C18H18O4/c1-3-5-12-6-8-16(19)14(10-12)15-11-13(7-9-17(15)20)22-18(21)4-2/h3-4,6-11,18-21H,1-2,5H2/t18-/m1/s1. The van der Waals surface area contributed by atoms with Crippen LogP contribution in [0.3, 0.4) is 0 Å². The number of rotatable bonds is 6. The number of aliphatic hydroxyl groups is 1. The van der Waals surface area contributed by atoms with Gasteiger partial charge in [-0.3, -0.25) is 0 Å². The van der Waals surface area contributed by atoms with Gasteiger partial charge < -0.3 is 20.1 Å². The van der Waals surface area contributed by atoms with E-state index in [1.165, 1.54) is 18.2 Å². The molecular weight excluding hydrogens is 280 g/mol. The van der Waals surface area contributed by atoms with Gasteiger partial charge in [0.25, 0.3) is 0 Å². The first-order chi connectivity index (χ1) is 10.5. The normalized spacial score (nSPS) is 11.7. The molecule has 0 aliphatic carbocycles. The second-order valence-electron chi connectivity index (χ2n) is 4.77. The summed E-state index contributed by atoms with van der Waals surface area (Å²) in [6, 6.07) is 9.66. The van der Waals surface area contributed by atoms with Gasteiger partial charge in [-0.15, -0.1) is 6.58 Å². The van der Waals surface area contributed by atoms with E-state index >= 15 is 0 Å².